The van der Waals surface area contributed by atoms with Gasteiger partial charge in [0, 0.05) is 11.2 Å². The van der Waals surface area contributed by atoms with E-state index in [1.54, 1.807) is 18.3 Å². The zero-order chi connectivity index (χ0) is 12.3. The quantitative estimate of drug-likeness (QED) is 0.896. The van der Waals surface area contributed by atoms with Crippen molar-refractivity contribution >= 4 is 17.3 Å². The molecule has 0 atom stereocenters. The largest absolute Gasteiger partial charge is 0.377 e. The topological polar surface area (TPSA) is 24.9 Å². The summed E-state index contributed by atoms with van der Waals surface area (Å²) in [7, 11) is 0. The van der Waals surface area contributed by atoms with Gasteiger partial charge in [0.25, 0.3) is 0 Å². The first kappa shape index (κ1) is 11.9. The van der Waals surface area contributed by atoms with E-state index in [4.69, 9.17) is 11.6 Å². The van der Waals surface area contributed by atoms with Crippen molar-refractivity contribution in [1.82, 2.24) is 4.98 Å². The zero-order valence-electron chi connectivity index (χ0n) is 9.37. The molecule has 0 aliphatic rings. The van der Waals surface area contributed by atoms with E-state index in [-0.39, 0.29) is 5.82 Å². The predicted octanol–water partition coefficient (Wildman–Crippen LogP) is 3.79. The van der Waals surface area contributed by atoms with E-state index in [2.05, 4.69) is 10.3 Å². The number of aryl methyl sites for hydroxylation is 1. The highest BCUT2D eigenvalue weighted by atomic mass is 35.5. The number of anilines is 1. The first-order valence-electron chi connectivity index (χ1n) is 5.25. The molecule has 0 fully saturated rings. The van der Waals surface area contributed by atoms with Crippen LogP contribution in [0, 0.1) is 12.7 Å². The Bertz CT molecular complexity index is 511. The second kappa shape index (κ2) is 5.15. The molecule has 0 saturated heterocycles. The van der Waals surface area contributed by atoms with Gasteiger partial charge in [-0.2, -0.15) is 0 Å². The molecule has 2 aromatic rings. The Balaban J connectivity index is 2.04. The summed E-state index contributed by atoms with van der Waals surface area (Å²) in [5.74, 6) is -0.357. The molecule has 0 aliphatic heterocycles. The van der Waals surface area contributed by atoms with Crippen LogP contribution in [0.15, 0.2) is 36.5 Å². The molecule has 1 aromatic heterocycles. The molecule has 0 saturated carbocycles. The number of benzene rings is 1. The van der Waals surface area contributed by atoms with E-state index in [9.17, 15) is 4.39 Å². The van der Waals surface area contributed by atoms with Crippen LogP contribution >= 0.6 is 11.6 Å². The van der Waals surface area contributed by atoms with Gasteiger partial charge in [-0.25, -0.2) is 4.39 Å². The number of nitrogens with one attached hydrogen (secondary N) is 1. The number of nitrogens with zero attached hydrogens (tertiary/aromatic N) is 1. The summed E-state index contributed by atoms with van der Waals surface area (Å²) in [5.41, 5.74) is 2.40. The van der Waals surface area contributed by atoms with Crippen molar-refractivity contribution in [3.05, 3.63) is 58.6 Å². The zero-order valence-corrected chi connectivity index (χ0v) is 10.1. The number of hydrogen-bond acceptors (Lipinski definition) is 2. The van der Waals surface area contributed by atoms with Crippen LogP contribution in [0.25, 0.3) is 0 Å². The molecule has 1 aromatic carbocycles. The van der Waals surface area contributed by atoms with Crippen LogP contribution in [0.1, 0.15) is 11.3 Å². The molecular weight excluding hydrogens is 239 g/mol. The molecule has 88 valence electrons. The van der Waals surface area contributed by atoms with Crippen molar-refractivity contribution in [2.75, 3.05) is 5.32 Å². The van der Waals surface area contributed by atoms with Gasteiger partial charge in [0.2, 0.25) is 0 Å². The van der Waals surface area contributed by atoms with Gasteiger partial charge >= 0.3 is 0 Å². The average Bonchev–Trinajstić information content (AvgIpc) is 2.30. The summed E-state index contributed by atoms with van der Waals surface area (Å²) in [6, 6.07) is 8.44. The van der Waals surface area contributed by atoms with Crippen molar-refractivity contribution in [2.45, 2.75) is 13.5 Å². The van der Waals surface area contributed by atoms with E-state index in [0.717, 1.165) is 11.3 Å². The van der Waals surface area contributed by atoms with Crippen LogP contribution in [0.3, 0.4) is 0 Å². The maximum Gasteiger partial charge on any atom is 0.147 e. The average molecular weight is 251 g/mol. The molecule has 0 spiro atoms. The Kier molecular flexibility index (Phi) is 3.59. The number of aromatic nitrogens is 1. The van der Waals surface area contributed by atoms with Crippen LogP contribution < -0.4 is 5.32 Å². The lowest BCUT2D eigenvalue weighted by Gasteiger charge is -2.07. The van der Waals surface area contributed by atoms with Crippen LogP contribution in [0.2, 0.25) is 5.02 Å². The van der Waals surface area contributed by atoms with Crippen molar-refractivity contribution < 1.29 is 4.39 Å². The second-order valence-electron chi connectivity index (χ2n) is 3.80. The van der Waals surface area contributed by atoms with E-state index in [0.29, 0.717) is 17.3 Å². The molecule has 2 nitrogen and oxygen atoms in total. The van der Waals surface area contributed by atoms with Crippen molar-refractivity contribution in [3.8, 4) is 0 Å². The predicted molar refractivity (Wildman–Crippen MR) is 67.7 cm³/mol. The second-order valence-corrected chi connectivity index (χ2v) is 4.24. The van der Waals surface area contributed by atoms with Gasteiger partial charge in [-0.15, -0.1) is 0 Å². The first-order chi connectivity index (χ1) is 8.15. The Hall–Kier alpha value is -1.61. The molecular formula is C13H12ClFN2. The molecule has 2 rings (SSSR count). The maximum absolute atomic E-state index is 13.4. The number of hydrogen-bond donors (Lipinski definition) is 1. The van der Waals surface area contributed by atoms with Crippen LogP contribution in [0.4, 0.5) is 10.1 Å². The van der Waals surface area contributed by atoms with Gasteiger partial charge in [0.05, 0.1) is 17.9 Å². The third-order valence-electron chi connectivity index (χ3n) is 2.36. The molecule has 4 heteroatoms. The number of rotatable bonds is 3. The van der Waals surface area contributed by atoms with E-state index < -0.39 is 0 Å². The summed E-state index contributed by atoms with van der Waals surface area (Å²) < 4.78 is 13.4. The van der Waals surface area contributed by atoms with Crippen molar-refractivity contribution in [2.24, 2.45) is 0 Å². The third kappa shape index (κ3) is 3.17. The lowest BCUT2D eigenvalue weighted by Crippen LogP contribution is -2.03. The van der Waals surface area contributed by atoms with Gasteiger partial charge in [-0.05, 0) is 36.8 Å². The van der Waals surface area contributed by atoms with Crippen LogP contribution in [0.5, 0.6) is 0 Å². The molecule has 0 amide bonds. The highest BCUT2D eigenvalue weighted by molar-refractivity contribution is 6.30. The lowest BCUT2D eigenvalue weighted by molar-refractivity contribution is 0.630. The smallest absolute Gasteiger partial charge is 0.147 e. The summed E-state index contributed by atoms with van der Waals surface area (Å²) in [6.45, 7) is 2.46. The molecule has 0 unspecified atom stereocenters. The van der Waals surface area contributed by atoms with Gasteiger partial charge in [0.1, 0.15) is 5.82 Å². The third-order valence-corrected chi connectivity index (χ3v) is 2.60. The summed E-state index contributed by atoms with van der Waals surface area (Å²) in [5, 5.41) is 3.37. The molecule has 0 aliphatic carbocycles. The Morgan fingerprint density at radius 2 is 2.12 bits per heavy atom. The van der Waals surface area contributed by atoms with E-state index in [1.165, 1.54) is 6.07 Å². The first-order valence-corrected chi connectivity index (χ1v) is 5.63. The number of pyridine rings is 1. The highest BCUT2D eigenvalue weighted by Crippen LogP contribution is 2.19. The number of halogens is 2. The molecule has 1 N–H and O–H groups in total. The van der Waals surface area contributed by atoms with Crippen molar-refractivity contribution in [1.29, 1.82) is 0 Å². The van der Waals surface area contributed by atoms with Gasteiger partial charge < -0.3 is 5.32 Å². The summed E-state index contributed by atoms with van der Waals surface area (Å²) in [4.78, 5) is 4.23. The van der Waals surface area contributed by atoms with Crippen LogP contribution in [-0.4, -0.2) is 4.98 Å². The monoisotopic (exact) mass is 250 g/mol. The van der Waals surface area contributed by atoms with Gasteiger partial charge in [0.15, 0.2) is 0 Å². The maximum atomic E-state index is 13.4. The minimum atomic E-state index is -0.357. The molecule has 1 heterocycles. The molecule has 17 heavy (non-hydrogen) atoms. The Morgan fingerprint density at radius 3 is 2.76 bits per heavy atom. The minimum absolute atomic E-state index is 0.357. The molecule has 0 radical (unpaired) electrons. The fraction of sp³-hybridized carbons (Fsp3) is 0.154. The van der Waals surface area contributed by atoms with Crippen molar-refractivity contribution in [3.63, 3.8) is 0 Å². The Morgan fingerprint density at radius 1 is 1.29 bits per heavy atom. The molecule has 0 bridgehead atoms. The standard InChI is InChI=1S/C13H12ClFN2/c1-9-2-4-11(16-7-9)8-17-13-5-3-10(14)6-12(13)15/h2-7,17H,8H2,1H3. The lowest BCUT2D eigenvalue weighted by atomic mass is 10.2. The summed E-state index contributed by atoms with van der Waals surface area (Å²) >= 11 is 5.67. The minimum Gasteiger partial charge on any atom is -0.377 e. The highest BCUT2D eigenvalue weighted by Gasteiger charge is 2.02. The van der Waals surface area contributed by atoms with Gasteiger partial charge in [-0.1, -0.05) is 17.7 Å². The normalized spacial score (nSPS) is 10.3. The SMILES string of the molecule is Cc1ccc(CNc2ccc(Cl)cc2F)nc1. The van der Waals surface area contributed by atoms with Crippen LogP contribution in [-0.2, 0) is 6.54 Å². The van der Waals surface area contributed by atoms with Gasteiger partial charge in [-0.3, -0.25) is 4.98 Å². The van der Waals surface area contributed by atoms with E-state index >= 15 is 0 Å². The summed E-state index contributed by atoms with van der Waals surface area (Å²) in [6.07, 6.45) is 1.79. The fourth-order valence-electron chi connectivity index (χ4n) is 1.42. The van der Waals surface area contributed by atoms with E-state index in [1.807, 2.05) is 19.1 Å². The Labute approximate surface area is 104 Å². The fourth-order valence-corrected chi connectivity index (χ4v) is 1.58.